The number of hydrogen-bond donors (Lipinski definition) is 1. The molecule has 0 radical (unpaired) electrons. The Morgan fingerprint density at radius 2 is 2.25 bits per heavy atom. The van der Waals surface area contributed by atoms with E-state index < -0.39 is 5.79 Å². The second-order valence-electron chi connectivity index (χ2n) is 2.26. The van der Waals surface area contributed by atoms with Gasteiger partial charge in [-0.1, -0.05) is 7.43 Å². The average molecular weight is 192 g/mol. The van der Waals surface area contributed by atoms with Crippen molar-refractivity contribution in [3.63, 3.8) is 0 Å². The molecular weight excluding hydrogens is 176 g/mol. The molecule has 0 aliphatic carbocycles. The van der Waals surface area contributed by atoms with Crippen molar-refractivity contribution >= 4 is 12.6 Å². The van der Waals surface area contributed by atoms with Gasteiger partial charge in [0.15, 0.2) is 12.1 Å². The first-order chi connectivity index (χ1) is 5.26. The van der Waals surface area contributed by atoms with Gasteiger partial charge in [-0.05, 0) is 12.2 Å². The van der Waals surface area contributed by atoms with E-state index in [0.717, 1.165) is 0 Å². The van der Waals surface area contributed by atoms with E-state index in [1.165, 1.54) is 0 Å². The molecule has 1 heterocycles. The highest BCUT2D eigenvalue weighted by atomic mass is 32.1. The lowest BCUT2D eigenvalue weighted by Gasteiger charge is -2.24. The van der Waals surface area contributed by atoms with Crippen molar-refractivity contribution < 1.29 is 14.2 Å². The summed E-state index contributed by atoms with van der Waals surface area (Å²) in [6.45, 7) is 0. The maximum Gasteiger partial charge on any atom is 0.199 e. The van der Waals surface area contributed by atoms with Crippen LogP contribution in [0.3, 0.4) is 0 Å². The van der Waals surface area contributed by atoms with Gasteiger partial charge in [0, 0.05) is 20.0 Å². The van der Waals surface area contributed by atoms with Gasteiger partial charge in [-0.25, -0.2) is 0 Å². The molecule has 1 aliphatic heterocycles. The number of hydrogen-bond acceptors (Lipinski definition) is 4. The van der Waals surface area contributed by atoms with Crippen LogP contribution in [0, 0.1) is 0 Å². The van der Waals surface area contributed by atoms with E-state index in [9.17, 15) is 0 Å². The van der Waals surface area contributed by atoms with Crippen LogP contribution >= 0.6 is 12.6 Å². The molecule has 3 nitrogen and oxygen atoms in total. The standard InChI is InChI=1S/C7H12O3S.CH4/c1-8-6-3-4-7(5-11,9-2)10-6;/h3-4,6,11H,5H2,1-2H3;1H4. The molecule has 0 aromatic heterocycles. The van der Waals surface area contributed by atoms with E-state index in [2.05, 4.69) is 12.6 Å². The molecule has 0 N–H and O–H groups in total. The van der Waals surface area contributed by atoms with Crippen LogP contribution in [0.5, 0.6) is 0 Å². The van der Waals surface area contributed by atoms with Gasteiger partial charge in [-0.15, -0.1) is 0 Å². The van der Waals surface area contributed by atoms with Gasteiger partial charge in [0.1, 0.15) is 0 Å². The summed E-state index contributed by atoms with van der Waals surface area (Å²) in [7, 11) is 3.16. The molecule has 2 atom stereocenters. The van der Waals surface area contributed by atoms with Gasteiger partial charge in [0.05, 0.1) is 0 Å². The topological polar surface area (TPSA) is 27.7 Å². The third kappa shape index (κ3) is 2.23. The smallest absolute Gasteiger partial charge is 0.199 e. The highest BCUT2D eigenvalue weighted by Gasteiger charge is 2.34. The zero-order valence-corrected chi connectivity index (χ0v) is 7.51. The summed E-state index contributed by atoms with van der Waals surface area (Å²) in [5, 5.41) is 0. The summed E-state index contributed by atoms with van der Waals surface area (Å²) in [5.41, 5.74) is 0. The fourth-order valence-electron chi connectivity index (χ4n) is 0.898. The number of ether oxygens (including phenoxy) is 3. The van der Waals surface area contributed by atoms with Crippen molar-refractivity contribution in [2.24, 2.45) is 0 Å². The van der Waals surface area contributed by atoms with Crippen molar-refractivity contribution in [3.8, 4) is 0 Å². The molecule has 0 saturated heterocycles. The van der Waals surface area contributed by atoms with Gasteiger partial charge < -0.3 is 14.2 Å². The van der Waals surface area contributed by atoms with E-state index in [1.807, 2.05) is 6.08 Å². The Morgan fingerprint density at radius 3 is 2.50 bits per heavy atom. The monoisotopic (exact) mass is 192 g/mol. The summed E-state index contributed by atoms with van der Waals surface area (Å²) in [6, 6.07) is 0. The molecule has 0 amide bonds. The molecule has 2 unspecified atom stereocenters. The van der Waals surface area contributed by atoms with E-state index in [0.29, 0.717) is 5.75 Å². The molecule has 12 heavy (non-hydrogen) atoms. The van der Waals surface area contributed by atoms with Crippen molar-refractivity contribution in [2.75, 3.05) is 20.0 Å². The number of rotatable bonds is 3. The van der Waals surface area contributed by atoms with Crippen LogP contribution < -0.4 is 0 Å². The first-order valence-corrected chi connectivity index (χ1v) is 3.95. The van der Waals surface area contributed by atoms with Crippen molar-refractivity contribution in [1.29, 1.82) is 0 Å². The predicted molar refractivity (Wildman–Crippen MR) is 51.3 cm³/mol. The first kappa shape index (κ1) is 12.0. The quantitative estimate of drug-likeness (QED) is 0.542. The van der Waals surface area contributed by atoms with Gasteiger partial charge in [0.25, 0.3) is 0 Å². The van der Waals surface area contributed by atoms with Crippen LogP contribution in [0.15, 0.2) is 12.2 Å². The van der Waals surface area contributed by atoms with Gasteiger partial charge in [-0.3, -0.25) is 0 Å². The van der Waals surface area contributed by atoms with Gasteiger partial charge in [0.2, 0.25) is 0 Å². The predicted octanol–water partition coefficient (Wildman–Crippen LogP) is 1.45. The van der Waals surface area contributed by atoms with Crippen LogP contribution in [0.25, 0.3) is 0 Å². The summed E-state index contributed by atoms with van der Waals surface area (Å²) < 4.78 is 15.4. The molecule has 4 heteroatoms. The lowest BCUT2D eigenvalue weighted by Crippen LogP contribution is -2.34. The Kier molecular flexibility index (Phi) is 4.85. The summed E-state index contributed by atoms with van der Waals surface area (Å²) >= 11 is 4.10. The lowest BCUT2D eigenvalue weighted by atomic mass is 10.3. The highest BCUT2D eigenvalue weighted by molar-refractivity contribution is 7.80. The largest absolute Gasteiger partial charge is 0.352 e. The van der Waals surface area contributed by atoms with E-state index in [4.69, 9.17) is 14.2 Å². The van der Waals surface area contributed by atoms with E-state index >= 15 is 0 Å². The van der Waals surface area contributed by atoms with E-state index in [1.54, 1.807) is 20.3 Å². The van der Waals surface area contributed by atoms with E-state index in [-0.39, 0.29) is 13.7 Å². The maximum atomic E-state index is 5.36. The molecule has 0 aromatic carbocycles. The fourth-order valence-corrected chi connectivity index (χ4v) is 1.21. The summed E-state index contributed by atoms with van der Waals surface area (Å²) in [6.07, 6.45) is 3.32. The number of thiol groups is 1. The first-order valence-electron chi connectivity index (χ1n) is 3.32. The second-order valence-corrected chi connectivity index (χ2v) is 2.57. The number of methoxy groups -OCH3 is 2. The van der Waals surface area contributed by atoms with Crippen LogP contribution in [0.4, 0.5) is 0 Å². The molecule has 0 spiro atoms. The van der Waals surface area contributed by atoms with Crippen molar-refractivity contribution in [3.05, 3.63) is 12.2 Å². The minimum atomic E-state index is -0.691. The van der Waals surface area contributed by atoms with Crippen LogP contribution in [-0.2, 0) is 14.2 Å². The van der Waals surface area contributed by atoms with Crippen molar-refractivity contribution in [2.45, 2.75) is 19.5 Å². The Bertz CT molecular complexity index is 154. The lowest BCUT2D eigenvalue weighted by molar-refractivity contribution is -0.229. The Labute approximate surface area is 79.1 Å². The molecule has 1 aliphatic rings. The summed E-state index contributed by atoms with van der Waals surface area (Å²) in [4.78, 5) is 0. The SMILES string of the molecule is C.COC1C=CC(CS)(OC)O1. The molecular formula is C8H16O3S. The molecule has 0 bridgehead atoms. The third-order valence-corrected chi connectivity index (χ3v) is 2.06. The Hall–Kier alpha value is -0.0300. The third-order valence-electron chi connectivity index (χ3n) is 1.62. The normalized spacial score (nSPS) is 33.4. The maximum absolute atomic E-state index is 5.36. The molecule has 1 rings (SSSR count). The fraction of sp³-hybridized carbons (Fsp3) is 0.750. The minimum Gasteiger partial charge on any atom is -0.352 e. The van der Waals surface area contributed by atoms with Crippen LogP contribution in [0.2, 0.25) is 0 Å². The molecule has 72 valence electrons. The van der Waals surface area contributed by atoms with Crippen LogP contribution in [0.1, 0.15) is 7.43 Å². The average Bonchev–Trinajstić information content (AvgIpc) is 2.49. The Morgan fingerprint density at radius 1 is 1.58 bits per heavy atom. The highest BCUT2D eigenvalue weighted by Crippen LogP contribution is 2.25. The zero-order chi connectivity index (χ0) is 8.32. The molecule has 0 fully saturated rings. The Balaban J connectivity index is 0.00000121. The second kappa shape index (κ2) is 4.87. The zero-order valence-electron chi connectivity index (χ0n) is 6.61. The van der Waals surface area contributed by atoms with Gasteiger partial charge >= 0.3 is 0 Å². The molecule has 0 saturated carbocycles. The summed E-state index contributed by atoms with van der Waals surface area (Å²) in [5.74, 6) is -0.205. The van der Waals surface area contributed by atoms with Crippen LogP contribution in [-0.4, -0.2) is 32.0 Å². The molecule has 0 aromatic rings. The van der Waals surface area contributed by atoms with Gasteiger partial charge in [-0.2, -0.15) is 12.6 Å². The van der Waals surface area contributed by atoms with Crippen molar-refractivity contribution in [1.82, 2.24) is 0 Å². The minimum absolute atomic E-state index is 0.